The van der Waals surface area contributed by atoms with E-state index in [9.17, 15) is 0 Å². The molecule has 11 heavy (non-hydrogen) atoms. The molecule has 0 atom stereocenters. The molecule has 1 fully saturated rings. The fourth-order valence-electron chi connectivity index (χ4n) is 1.26. The van der Waals surface area contributed by atoms with Crippen molar-refractivity contribution >= 4 is 6.21 Å². The molecule has 2 aliphatic rings. The summed E-state index contributed by atoms with van der Waals surface area (Å²) >= 11 is 0. The van der Waals surface area contributed by atoms with Crippen LogP contribution in [-0.2, 0) is 0 Å². The van der Waals surface area contributed by atoms with E-state index in [1.165, 1.54) is 45.2 Å². The molecule has 0 aromatic carbocycles. The van der Waals surface area contributed by atoms with E-state index < -0.39 is 0 Å². The lowest BCUT2D eigenvalue weighted by Crippen LogP contribution is -2.21. The van der Waals surface area contributed by atoms with E-state index in [1.54, 1.807) is 0 Å². The first kappa shape index (κ1) is 8.72. The van der Waals surface area contributed by atoms with Crippen molar-refractivity contribution in [3.63, 3.8) is 0 Å². The highest BCUT2D eigenvalue weighted by Gasteiger charge is 1.93. The van der Waals surface area contributed by atoms with Gasteiger partial charge in [0.15, 0.2) is 0 Å². The van der Waals surface area contributed by atoms with Crippen molar-refractivity contribution in [1.29, 1.82) is 0 Å². The summed E-state index contributed by atoms with van der Waals surface area (Å²) in [4.78, 5) is 3.96. The molecular weight excluding hydrogens is 136 g/mol. The molecule has 2 heterocycles. The number of hydrogen-bond acceptors (Lipinski definition) is 2. The topological polar surface area (TPSA) is 24.4 Å². The van der Waals surface area contributed by atoms with E-state index >= 15 is 0 Å². The second-order valence-electron chi connectivity index (χ2n) is 3.04. The minimum atomic E-state index is 1.07. The summed E-state index contributed by atoms with van der Waals surface area (Å²) < 4.78 is 0. The number of hydrogen-bond donors (Lipinski definition) is 1. The third-order valence-electron chi connectivity index (χ3n) is 1.96. The van der Waals surface area contributed by atoms with Crippen LogP contribution >= 0.6 is 0 Å². The van der Waals surface area contributed by atoms with Crippen molar-refractivity contribution in [3.05, 3.63) is 0 Å². The Labute approximate surface area is 69.1 Å². The average Bonchev–Trinajstić information content (AvgIpc) is 2.64. The highest BCUT2D eigenvalue weighted by Crippen LogP contribution is 1.96. The smallest absolute Gasteiger partial charge is 0.0388 e. The number of aliphatic imine (C=N–C) groups is 1. The Balaban J connectivity index is 0.000000112. The van der Waals surface area contributed by atoms with Crippen LogP contribution < -0.4 is 5.32 Å². The van der Waals surface area contributed by atoms with Crippen LogP contribution in [-0.4, -0.2) is 25.8 Å². The Kier molecular flexibility index (Phi) is 5.03. The lowest BCUT2D eigenvalue weighted by molar-refractivity contribution is 0.520. The maximum atomic E-state index is 3.96. The normalized spacial score (nSPS) is 22.5. The molecule has 0 aromatic rings. The zero-order valence-corrected chi connectivity index (χ0v) is 7.18. The van der Waals surface area contributed by atoms with Crippen LogP contribution in [0.3, 0.4) is 0 Å². The molecule has 0 bridgehead atoms. The average molecular weight is 154 g/mol. The molecule has 0 spiro atoms. The van der Waals surface area contributed by atoms with Gasteiger partial charge < -0.3 is 5.32 Å². The third kappa shape index (κ3) is 4.96. The predicted molar refractivity (Wildman–Crippen MR) is 49.3 cm³/mol. The summed E-state index contributed by atoms with van der Waals surface area (Å²) in [5.74, 6) is 0. The Hall–Kier alpha value is -0.370. The minimum Gasteiger partial charge on any atom is -0.317 e. The molecule has 64 valence electrons. The highest BCUT2D eigenvalue weighted by molar-refractivity contribution is 5.58. The molecule has 0 radical (unpaired) electrons. The zero-order chi connectivity index (χ0) is 7.78. The van der Waals surface area contributed by atoms with Gasteiger partial charge in [-0.15, -0.1) is 0 Å². The van der Waals surface area contributed by atoms with Crippen molar-refractivity contribution in [1.82, 2.24) is 5.32 Å². The molecule has 0 aromatic heterocycles. The fourth-order valence-corrected chi connectivity index (χ4v) is 1.26. The Bertz CT molecular complexity index is 88.6. The van der Waals surface area contributed by atoms with E-state index in [-0.39, 0.29) is 0 Å². The van der Waals surface area contributed by atoms with Crippen LogP contribution in [0.5, 0.6) is 0 Å². The minimum absolute atomic E-state index is 1.07. The summed E-state index contributed by atoms with van der Waals surface area (Å²) in [6, 6.07) is 0. The van der Waals surface area contributed by atoms with Gasteiger partial charge >= 0.3 is 0 Å². The van der Waals surface area contributed by atoms with Crippen molar-refractivity contribution < 1.29 is 0 Å². The molecule has 0 amide bonds. The maximum absolute atomic E-state index is 3.96. The van der Waals surface area contributed by atoms with Crippen LogP contribution in [0, 0.1) is 0 Å². The van der Waals surface area contributed by atoms with E-state index in [0.29, 0.717) is 0 Å². The van der Waals surface area contributed by atoms with Gasteiger partial charge in [-0.2, -0.15) is 0 Å². The molecule has 2 aliphatic heterocycles. The molecule has 0 unspecified atom stereocenters. The fraction of sp³-hybridized carbons (Fsp3) is 0.889. The molecule has 1 N–H and O–H groups in total. The predicted octanol–water partition coefficient (Wildman–Crippen LogP) is 1.61. The van der Waals surface area contributed by atoms with Crippen LogP contribution in [0.1, 0.15) is 32.1 Å². The maximum Gasteiger partial charge on any atom is 0.0388 e. The first-order chi connectivity index (χ1) is 5.50. The molecule has 2 rings (SSSR count). The summed E-state index contributed by atoms with van der Waals surface area (Å²) in [6.45, 7) is 3.57. The Morgan fingerprint density at radius 3 is 2.00 bits per heavy atom. The molecule has 2 nitrogen and oxygen atoms in total. The number of nitrogens with zero attached hydrogens (tertiary/aromatic N) is 1. The lowest BCUT2D eigenvalue weighted by Gasteiger charge is -2.08. The standard InChI is InChI=1S/C5H11N.C4H7N/c1-2-4-6-5-3-1;1-2-4-5-3-1/h6H,1-5H2;3H,1-2,4H2. The van der Waals surface area contributed by atoms with Crippen LogP contribution in [0.4, 0.5) is 0 Å². The number of nitrogens with one attached hydrogen (secondary N) is 1. The van der Waals surface area contributed by atoms with Gasteiger partial charge in [0, 0.05) is 6.54 Å². The monoisotopic (exact) mass is 154 g/mol. The quantitative estimate of drug-likeness (QED) is 0.563. The SMILES string of the molecule is C1=NCCC1.C1CCNCC1. The van der Waals surface area contributed by atoms with Crippen molar-refractivity contribution in [2.24, 2.45) is 4.99 Å². The summed E-state index contributed by atoms with van der Waals surface area (Å²) in [5, 5.41) is 3.28. The highest BCUT2D eigenvalue weighted by atomic mass is 14.9. The van der Waals surface area contributed by atoms with Gasteiger partial charge in [-0.1, -0.05) is 6.42 Å². The van der Waals surface area contributed by atoms with Crippen LogP contribution in [0.2, 0.25) is 0 Å². The van der Waals surface area contributed by atoms with E-state index in [1.807, 2.05) is 6.21 Å². The van der Waals surface area contributed by atoms with Gasteiger partial charge in [0.1, 0.15) is 0 Å². The Morgan fingerprint density at radius 1 is 1.00 bits per heavy atom. The van der Waals surface area contributed by atoms with Gasteiger partial charge in [-0.25, -0.2) is 0 Å². The van der Waals surface area contributed by atoms with E-state index in [2.05, 4.69) is 10.3 Å². The third-order valence-corrected chi connectivity index (χ3v) is 1.96. The van der Waals surface area contributed by atoms with Crippen molar-refractivity contribution in [3.8, 4) is 0 Å². The number of rotatable bonds is 0. The van der Waals surface area contributed by atoms with Gasteiger partial charge in [0.2, 0.25) is 0 Å². The summed E-state index contributed by atoms with van der Waals surface area (Å²) in [6.07, 6.45) is 8.69. The first-order valence-corrected chi connectivity index (χ1v) is 4.69. The van der Waals surface area contributed by atoms with Gasteiger partial charge in [-0.3, -0.25) is 4.99 Å². The van der Waals surface area contributed by atoms with E-state index in [0.717, 1.165) is 6.54 Å². The van der Waals surface area contributed by atoms with E-state index in [4.69, 9.17) is 0 Å². The second-order valence-corrected chi connectivity index (χ2v) is 3.04. The first-order valence-electron chi connectivity index (χ1n) is 4.69. The van der Waals surface area contributed by atoms with Crippen LogP contribution in [0.25, 0.3) is 0 Å². The van der Waals surface area contributed by atoms with Gasteiger partial charge in [-0.05, 0) is 45.0 Å². The van der Waals surface area contributed by atoms with Crippen LogP contribution in [0.15, 0.2) is 4.99 Å². The largest absolute Gasteiger partial charge is 0.317 e. The molecule has 2 heteroatoms. The summed E-state index contributed by atoms with van der Waals surface area (Å²) in [7, 11) is 0. The molecule has 1 saturated heterocycles. The Morgan fingerprint density at radius 2 is 1.82 bits per heavy atom. The molecule has 0 aliphatic carbocycles. The molecular formula is C9H18N2. The second kappa shape index (κ2) is 6.35. The van der Waals surface area contributed by atoms with Crippen molar-refractivity contribution in [2.45, 2.75) is 32.1 Å². The zero-order valence-electron chi connectivity index (χ0n) is 7.18. The lowest BCUT2D eigenvalue weighted by atomic mass is 10.2. The summed E-state index contributed by atoms with van der Waals surface area (Å²) in [5.41, 5.74) is 0. The van der Waals surface area contributed by atoms with Crippen molar-refractivity contribution in [2.75, 3.05) is 19.6 Å². The van der Waals surface area contributed by atoms with Gasteiger partial charge in [0.05, 0.1) is 0 Å². The number of piperidine rings is 1. The molecule has 0 saturated carbocycles. The van der Waals surface area contributed by atoms with Gasteiger partial charge in [0.25, 0.3) is 0 Å².